The highest BCUT2D eigenvalue weighted by molar-refractivity contribution is 5.88. The highest BCUT2D eigenvalue weighted by Gasteiger charge is 2.23. The molecule has 0 bridgehead atoms. The van der Waals surface area contributed by atoms with Gasteiger partial charge in [0, 0.05) is 18.3 Å². The predicted octanol–water partition coefficient (Wildman–Crippen LogP) is 5.21. The summed E-state index contributed by atoms with van der Waals surface area (Å²) in [5.74, 6) is 2.19. The quantitative estimate of drug-likeness (QED) is 0.392. The summed E-state index contributed by atoms with van der Waals surface area (Å²) in [6, 6.07) is 15.1. The minimum Gasteiger partial charge on any atom is -0.496 e. The number of hydrogen-bond acceptors (Lipinski definition) is 7. The van der Waals surface area contributed by atoms with Crippen LogP contribution in [0, 0.1) is 13.8 Å². The Hall–Kier alpha value is -3.65. The fraction of sp³-hybridized carbons (Fsp3) is 0.393. The lowest BCUT2D eigenvalue weighted by atomic mass is 10.1. The molecular formula is C28H35N5O3. The molecule has 2 heterocycles. The number of amides is 1. The lowest BCUT2D eigenvalue weighted by Crippen LogP contribution is -2.34. The van der Waals surface area contributed by atoms with E-state index in [0.29, 0.717) is 23.3 Å². The normalized spacial score (nSPS) is 13.4. The van der Waals surface area contributed by atoms with Crippen molar-refractivity contribution >= 4 is 17.9 Å². The van der Waals surface area contributed by atoms with Crippen molar-refractivity contribution in [1.82, 2.24) is 14.9 Å². The van der Waals surface area contributed by atoms with E-state index < -0.39 is 6.09 Å². The molecule has 8 nitrogen and oxygen atoms in total. The first-order valence-electron chi connectivity index (χ1n) is 12.5. The topological polar surface area (TPSA) is 79.8 Å². The lowest BCUT2D eigenvalue weighted by molar-refractivity contribution is 0.206. The standard InChI is InChI=1S/C28H35N5O3/c1-21-10-8-11-22(2)26(21)36-28(34)33(20-23-12-4-5-13-24(23)35-3)25-14-16-30-27(31-25)29-15-9-19-32-17-6-7-18-32/h4-5,8,10-14,16H,6-7,9,15,17-20H2,1-3H3,(H,29,30,31). The van der Waals surface area contributed by atoms with Crippen LogP contribution in [0.25, 0.3) is 0 Å². The van der Waals surface area contributed by atoms with E-state index in [1.54, 1.807) is 19.4 Å². The third-order valence-corrected chi connectivity index (χ3v) is 6.39. The molecule has 1 aromatic heterocycles. The molecule has 1 aliphatic heterocycles. The number of methoxy groups -OCH3 is 1. The van der Waals surface area contributed by atoms with Crippen LogP contribution in [0.15, 0.2) is 54.7 Å². The lowest BCUT2D eigenvalue weighted by Gasteiger charge is -2.23. The second-order valence-electron chi connectivity index (χ2n) is 9.05. The van der Waals surface area contributed by atoms with Crippen molar-refractivity contribution in [1.29, 1.82) is 0 Å². The minimum atomic E-state index is -0.517. The maximum atomic E-state index is 13.5. The number of carbonyl (C=O) groups excluding carboxylic acids is 1. The summed E-state index contributed by atoms with van der Waals surface area (Å²) in [6.07, 6.45) is 4.73. The predicted molar refractivity (Wildman–Crippen MR) is 142 cm³/mol. The Morgan fingerprint density at radius 1 is 1.06 bits per heavy atom. The van der Waals surface area contributed by atoms with Gasteiger partial charge in [-0.15, -0.1) is 0 Å². The smallest absolute Gasteiger partial charge is 0.421 e. The number of nitrogens with one attached hydrogen (secondary N) is 1. The van der Waals surface area contributed by atoms with Crippen molar-refractivity contribution in [3.05, 3.63) is 71.4 Å². The van der Waals surface area contributed by atoms with Gasteiger partial charge in [-0.2, -0.15) is 4.98 Å². The first-order chi connectivity index (χ1) is 17.5. The van der Waals surface area contributed by atoms with Crippen molar-refractivity contribution in [3.63, 3.8) is 0 Å². The summed E-state index contributed by atoms with van der Waals surface area (Å²) in [6.45, 7) is 8.29. The van der Waals surface area contributed by atoms with E-state index in [4.69, 9.17) is 9.47 Å². The summed E-state index contributed by atoms with van der Waals surface area (Å²) in [4.78, 5) is 26.5. The molecule has 1 saturated heterocycles. The summed E-state index contributed by atoms with van der Waals surface area (Å²) < 4.78 is 11.4. The third-order valence-electron chi connectivity index (χ3n) is 6.39. The van der Waals surface area contributed by atoms with Crippen LogP contribution in [0.1, 0.15) is 36.0 Å². The molecule has 0 atom stereocenters. The van der Waals surface area contributed by atoms with Gasteiger partial charge in [0.15, 0.2) is 0 Å². The Balaban J connectivity index is 1.53. The van der Waals surface area contributed by atoms with Gasteiger partial charge in [0.1, 0.15) is 17.3 Å². The van der Waals surface area contributed by atoms with Crippen LogP contribution in [0.2, 0.25) is 0 Å². The molecular weight excluding hydrogens is 454 g/mol. The molecule has 1 aliphatic rings. The monoisotopic (exact) mass is 489 g/mol. The molecule has 0 saturated carbocycles. The molecule has 0 radical (unpaired) electrons. The molecule has 0 aliphatic carbocycles. The van der Waals surface area contributed by atoms with Crippen LogP contribution in [0.5, 0.6) is 11.5 Å². The number of ether oxygens (including phenoxy) is 2. The average molecular weight is 490 g/mol. The van der Waals surface area contributed by atoms with Gasteiger partial charge in [0.25, 0.3) is 0 Å². The second-order valence-corrected chi connectivity index (χ2v) is 9.05. The number of nitrogens with zero attached hydrogens (tertiary/aromatic N) is 4. The Bertz CT molecular complexity index is 1140. The van der Waals surface area contributed by atoms with Crippen molar-refractivity contribution in [2.45, 2.75) is 39.7 Å². The van der Waals surface area contributed by atoms with Gasteiger partial charge >= 0.3 is 6.09 Å². The maximum Gasteiger partial charge on any atom is 0.421 e. The van der Waals surface area contributed by atoms with Crippen molar-refractivity contribution in [3.8, 4) is 11.5 Å². The Kier molecular flexibility index (Phi) is 8.73. The van der Waals surface area contributed by atoms with E-state index in [2.05, 4.69) is 20.2 Å². The maximum absolute atomic E-state index is 13.5. The molecule has 36 heavy (non-hydrogen) atoms. The van der Waals surface area contributed by atoms with E-state index in [1.165, 1.54) is 30.8 Å². The van der Waals surface area contributed by atoms with Crippen LogP contribution in [0.3, 0.4) is 0 Å². The van der Waals surface area contributed by atoms with Crippen LogP contribution in [-0.2, 0) is 6.54 Å². The highest BCUT2D eigenvalue weighted by Crippen LogP contribution is 2.27. The Labute approximate surface area is 213 Å². The van der Waals surface area contributed by atoms with Crippen molar-refractivity contribution in [2.24, 2.45) is 0 Å². The van der Waals surface area contributed by atoms with E-state index >= 15 is 0 Å². The van der Waals surface area contributed by atoms with Gasteiger partial charge in [-0.25, -0.2) is 9.78 Å². The summed E-state index contributed by atoms with van der Waals surface area (Å²) in [5, 5.41) is 3.30. The molecule has 3 aromatic rings. The van der Waals surface area contributed by atoms with Crippen LogP contribution >= 0.6 is 0 Å². The number of rotatable bonds is 10. The van der Waals surface area contributed by atoms with E-state index in [0.717, 1.165) is 36.2 Å². The zero-order valence-electron chi connectivity index (χ0n) is 21.4. The first kappa shape index (κ1) is 25.4. The number of para-hydroxylation sites is 2. The van der Waals surface area contributed by atoms with Gasteiger partial charge in [-0.1, -0.05) is 36.4 Å². The summed E-state index contributed by atoms with van der Waals surface area (Å²) >= 11 is 0. The highest BCUT2D eigenvalue weighted by atomic mass is 16.6. The number of benzene rings is 2. The molecule has 0 unspecified atom stereocenters. The Morgan fingerprint density at radius 3 is 2.56 bits per heavy atom. The average Bonchev–Trinajstić information content (AvgIpc) is 3.41. The van der Waals surface area contributed by atoms with E-state index in [1.807, 2.05) is 56.3 Å². The van der Waals surface area contributed by atoms with Gasteiger partial charge in [0.2, 0.25) is 5.95 Å². The molecule has 190 valence electrons. The third kappa shape index (κ3) is 6.51. The number of likely N-dealkylation sites (tertiary alicyclic amines) is 1. The first-order valence-corrected chi connectivity index (χ1v) is 12.5. The Morgan fingerprint density at radius 2 is 1.81 bits per heavy atom. The van der Waals surface area contributed by atoms with Gasteiger partial charge in [0.05, 0.1) is 13.7 Å². The molecule has 1 fully saturated rings. The van der Waals surface area contributed by atoms with Crippen molar-refractivity contribution in [2.75, 3.05) is 43.5 Å². The summed E-state index contributed by atoms with van der Waals surface area (Å²) in [5.41, 5.74) is 2.63. The minimum absolute atomic E-state index is 0.235. The number of hydrogen-bond donors (Lipinski definition) is 1. The fourth-order valence-electron chi connectivity index (χ4n) is 4.44. The van der Waals surface area contributed by atoms with Gasteiger partial charge < -0.3 is 19.7 Å². The number of anilines is 2. The molecule has 2 aromatic carbocycles. The number of carbonyl (C=O) groups is 1. The number of aromatic nitrogens is 2. The zero-order valence-corrected chi connectivity index (χ0v) is 21.4. The zero-order chi connectivity index (χ0) is 25.3. The van der Waals surface area contributed by atoms with Gasteiger partial charge in [-0.3, -0.25) is 4.90 Å². The van der Waals surface area contributed by atoms with Crippen LogP contribution < -0.4 is 19.7 Å². The summed E-state index contributed by atoms with van der Waals surface area (Å²) in [7, 11) is 1.62. The fourth-order valence-corrected chi connectivity index (χ4v) is 4.44. The molecule has 1 amide bonds. The molecule has 8 heteroatoms. The van der Waals surface area contributed by atoms with E-state index in [-0.39, 0.29) is 6.54 Å². The number of aryl methyl sites for hydroxylation is 2. The molecule has 1 N–H and O–H groups in total. The SMILES string of the molecule is COc1ccccc1CN(C(=O)Oc1c(C)cccc1C)c1ccnc(NCCCN2CCCC2)n1. The van der Waals surface area contributed by atoms with E-state index in [9.17, 15) is 4.79 Å². The van der Waals surface area contributed by atoms with Crippen LogP contribution in [-0.4, -0.2) is 54.2 Å². The largest absolute Gasteiger partial charge is 0.496 e. The van der Waals surface area contributed by atoms with Gasteiger partial charge in [-0.05, 0) is 76.0 Å². The van der Waals surface area contributed by atoms with Crippen LogP contribution in [0.4, 0.5) is 16.6 Å². The molecule has 4 rings (SSSR count). The second kappa shape index (κ2) is 12.4. The van der Waals surface area contributed by atoms with Crippen molar-refractivity contribution < 1.29 is 14.3 Å². The molecule has 0 spiro atoms.